The average Bonchev–Trinajstić information content (AvgIpc) is 3.18. The molecule has 0 saturated carbocycles. The van der Waals surface area contributed by atoms with Crippen LogP contribution in [0.5, 0.6) is 0 Å². The molecule has 196 valence electrons. The predicted octanol–water partition coefficient (Wildman–Crippen LogP) is 2.26. The van der Waals surface area contributed by atoms with E-state index in [0.717, 1.165) is 23.3 Å². The lowest BCUT2D eigenvalue weighted by molar-refractivity contribution is 0.115. The van der Waals surface area contributed by atoms with Crippen LogP contribution in [0.3, 0.4) is 0 Å². The molecule has 0 aliphatic carbocycles. The van der Waals surface area contributed by atoms with Gasteiger partial charge in [0.1, 0.15) is 11.9 Å². The van der Waals surface area contributed by atoms with Gasteiger partial charge in [-0.15, -0.1) is 0 Å². The molecule has 1 fully saturated rings. The normalized spacial score (nSPS) is 26.8. The number of rotatable bonds is 7. The lowest BCUT2D eigenvalue weighted by atomic mass is 9.94. The monoisotopic (exact) mass is 500 g/mol. The maximum absolute atomic E-state index is 14.8. The van der Waals surface area contributed by atoms with Gasteiger partial charge in [0.25, 0.3) is 0 Å². The molecule has 4 N–H and O–H groups in total. The molecule has 10 heteroatoms. The zero-order chi connectivity index (χ0) is 25.8. The number of hydrogen-bond acceptors (Lipinski definition) is 7. The Hall–Kier alpha value is -3.08. The van der Waals surface area contributed by atoms with Gasteiger partial charge >= 0.3 is 6.03 Å². The highest BCUT2D eigenvalue weighted by atomic mass is 19.1. The molecule has 9 nitrogen and oxygen atoms in total. The van der Waals surface area contributed by atoms with Gasteiger partial charge < -0.3 is 30.3 Å². The number of ether oxygens (including phenoxy) is 2. The summed E-state index contributed by atoms with van der Waals surface area (Å²) in [5.41, 5.74) is 14.5. The third kappa shape index (κ3) is 5.21. The summed E-state index contributed by atoms with van der Waals surface area (Å²) < 4.78 is 25.9. The maximum atomic E-state index is 14.8. The van der Waals surface area contributed by atoms with Crippen LogP contribution >= 0.6 is 0 Å². The van der Waals surface area contributed by atoms with Crippen molar-refractivity contribution in [2.24, 2.45) is 5.73 Å². The van der Waals surface area contributed by atoms with Crippen LogP contribution in [-0.2, 0) is 9.47 Å². The number of nitrogens with zero attached hydrogens (tertiary/aromatic N) is 3. The third-order valence-corrected chi connectivity index (χ3v) is 7.11. The number of nitrogens with two attached hydrogens (primary N) is 1. The Labute approximate surface area is 212 Å². The molecule has 0 aromatic carbocycles. The molecular formula is C26H37FN6O3. The first-order valence-electron chi connectivity index (χ1n) is 12.4. The molecule has 2 amide bonds. The first-order valence-corrected chi connectivity index (χ1v) is 12.4. The minimum atomic E-state index is -0.643. The van der Waals surface area contributed by atoms with Crippen molar-refractivity contribution in [1.82, 2.24) is 25.6 Å². The molecule has 0 aromatic heterocycles. The van der Waals surface area contributed by atoms with Gasteiger partial charge in [-0.05, 0) is 36.6 Å². The van der Waals surface area contributed by atoms with Gasteiger partial charge in [0.15, 0.2) is 0 Å². The van der Waals surface area contributed by atoms with Crippen LogP contribution in [0.25, 0.3) is 0 Å². The SMILES string of the molecule is C=C/C=C(\C=C(/N)[C@@H](C)N1CCN(C)C1=O)C1NN(C2=CNC[C@H](OC)C(F)=C2)C2=C1CCOCC2. The highest BCUT2D eigenvalue weighted by Crippen LogP contribution is 2.35. The topological polar surface area (TPSA) is 95.3 Å². The molecule has 4 aliphatic rings. The average molecular weight is 501 g/mol. The summed E-state index contributed by atoms with van der Waals surface area (Å²) in [6, 6.07) is -0.489. The van der Waals surface area contributed by atoms with Crippen molar-refractivity contribution in [3.63, 3.8) is 0 Å². The minimum Gasteiger partial charge on any atom is -0.400 e. The van der Waals surface area contributed by atoms with Crippen LogP contribution in [0.4, 0.5) is 9.18 Å². The number of hydrazine groups is 1. The van der Waals surface area contributed by atoms with Gasteiger partial charge in [-0.2, -0.15) is 0 Å². The molecule has 3 atom stereocenters. The third-order valence-electron chi connectivity index (χ3n) is 7.11. The summed E-state index contributed by atoms with van der Waals surface area (Å²) in [5, 5.41) is 5.09. The molecule has 0 radical (unpaired) electrons. The van der Waals surface area contributed by atoms with Gasteiger partial charge in [-0.1, -0.05) is 18.7 Å². The smallest absolute Gasteiger partial charge is 0.320 e. The van der Waals surface area contributed by atoms with E-state index in [2.05, 4.69) is 17.3 Å². The van der Waals surface area contributed by atoms with Crippen molar-refractivity contribution in [2.45, 2.75) is 38.0 Å². The van der Waals surface area contributed by atoms with E-state index < -0.39 is 6.10 Å². The second-order valence-electron chi connectivity index (χ2n) is 9.33. The summed E-state index contributed by atoms with van der Waals surface area (Å²) in [6.07, 6.45) is 9.64. The Morgan fingerprint density at radius 3 is 2.83 bits per heavy atom. The van der Waals surface area contributed by atoms with Crippen LogP contribution in [0.2, 0.25) is 0 Å². The Morgan fingerprint density at radius 1 is 1.36 bits per heavy atom. The van der Waals surface area contributed by atoms with Crippen molar-refractivity contribution in [2.75, 3.05) is 47.0 Å². The number of carbonyl (C=O) groups is 1. The largest absolute Gasteiger partial charge is 0.400 e. The summed E-state index contributed by atoms with van der Waals surface area (Å²) in [4.78, 5) is 16.0. The van der Waals surface area contributed by atoms with E-state index in [1.165, 1.54) is 13.2 Å². The van der Waals surface area contributed by atoms with Gasteiger partial charge in [0, 0.05) is 57.8 Å². The number of likely N-dealkylation sites (N-methyl/N-ethyl adjacent to an activating group) is 1. The fourth-order valence-electron chi connectivity index (χ4n) is 4.97. The summed E-state index contributed by atoms with van der Waals surface area (Å²) >= 11 is 0. The number of amides is 2. The zero-order valence-electron chi connectivity index (χ0n) is 21.3. The minimum absolute atomic E-state index is 0.0276. The Balaban J connectivity index is 1.65. The van der Waals surface area contributed by atoms with E-state index in [0.29, 0.717) is 50.7 Å². The van der Waals surface area contributed by atoms with Crippen LogP contribution in [0.15, 0.2) is 71.1 Å². The lowest BCUT2D eigenvalue weighted by Gasteiger charge is -2.27. The molecule has 1 saturated heterocycles. The summed E-state index contributed by atoms with van der Waals surface area (Å²) in [7, 11) is 3.29. The van der Waals surface area contributed by atoms with E-state index in [1.807, 2.05) is 24.1 Å². The first-order chi connectivity index (χ1) is 17.3. The first kappa shape index (κ1) is 26.0. The molecule has 0 aromatic rings. The Morgan fingerprint density at radius 2 is 2.14 bits per heavy atom. The highest BCUT2D eigenvalue weighted by molar-refractivity contribution is 5.77. The number of halogens is 1. The van der Waals surface area contributed by atoms with Crippen LogP contribution in [0, 0.1) is 0 Å². The van der Waals surface area contributed by atoms with Gasteiger partial charge in [-0.3, -0.25) is 5.01 Å². The fraction of sp³-hybridized carbons (Fsp3) is 0.500. The second-order valence-corrected chi connectivity index (χ2v) is 9.33. The van der Waals surface area contributed by atoms with Crippen LogP contribution in [0.1, 0.15) is 19.8 Å². The quantitative estimate of drug-likeness (QED) is 0.462. The number of urea groups is 1. The molecule has 0 spiro atoms. The predicted molar refractivity (Wildman–Crippen MR) is 137 cm³/mol. The molecule has 4 aliphatic heterocycles. The molecule has 0 bridgehead atoms. The molecule has 36 heavy (non-hydrogen) atoms. The van der Waals surface area contributed by atoms with Gasteiger partial charge in [0.05, 0.1) is 31.0 Å². The lowest BCUT2D eigenvalue weighted by Crippen LogP contribution is -2.41. The Kier molecular flexibility index (Phi) is 8.17. The van der Waals surface area contributed by atoms with E-state index >= 15 is 0 Å². The maximum Gasteiger partial charge on any atom is 0.320 e. The van der Waals surface area contributed by atoms with Gasteiger partial charge in [-0.25, -0.2) is 14.6 Å². The number of methoxy groups -OCH3 is 1. The standard InChI is InChI=1S/C26H37FN6O3/c1-5-6-18(13-22(28)17(2)32-10-9-31(3)26(32)34)25-20-7-11-36-12-8-23(20)33(30-25)19-14-21(27)24(35-4)16-29-15-19/h5-6,13-15,17,24-25,29-30H,1,7-12,16,28H2,2-4H3/b18-6+,22-13-/t17-,24+,25?/m1/s1. The van der Waals surface area contributed by atoms with Crippen LogP contribution < -0.4 is 16.5 Å². The molecule has 4 heterocycles. The highest BCUT2D eigenvalue weighted by Gasteiger charge is 2.36. The van der Waals surface area contributed by atoms with E-state index in [1.54, 1.807) is 29.1 Å². The Bertz CT molecular complexity index is 1030. The zero-order valence-corrected chi connectivity index (χ0v) is 21.3. The van der Waals surface area contributed by atoms with E-state index in [9.17, 15) is 9.18 Å². The van der Waals surface area contributed by atoms with Crippen molar-refractivity contribution >= 4 is 6.03 Å². The van der Waals surface area contributed by atoms with Crippen molar-refractivity contribution in [3.8, 4) is 0 Å². The van der Waals surface area contributed by atoms with E-state index in [4.69, 9.17) is 15.2 Å². The van der Waals surface area contributed by atoms with Crippen molar-refractivity contribution < 1.29 is 18.7 Å². The molecular weight excluding hydrogens is 463 g/mol. The number of carbonyl (C=O) groups excluding carboxylic acids is 1. The van der Waals surface area contributed by atoms with Gasteiger partial charge in [0.2, 0.25) is 0 Å². The fourth-order valence-corrected chi connectivity index (χ4v) is 4.97. The number of allylic oxidation sites excluding steroid dienone is 3. The summed E-state index contributed by atoms with van der Waals surface area (Å²) in [6.45, 7) is 8.68. The second kappa shape index (κ2) is 11.3. The number of hydrogen-bond donors (Lipinski definition) is 3. The van der Waals surface area contributed by atoms with Crippen molar-refractivity contribution in [1.29, 1.82) is 0 Å². The molecule has 1 unspecified atom stereocenters. The molecule has 4 rings (SSSR count). The summed E-state index contributed by atoms with van der Waals surface area (Å²) in [5.74, 6) is -0.342. The van der Waals surface area contributed by atoms with Crippen molar-refractivity contribution in [3.05, 3.63) is 71.1 Å². The number of nitrogens with one attached hydrogen (secondary N) is 2. The van der Waals surface area contributed by atoms with Crippen LogP contribution in [-0.4, -0.2) is 86.0 Å². The van der Waals surface area contributed by atoms with E-state index in [-0.39, 0.29) is 23.9 Å².